The number of benzene rings is 2. The first-order valence-corrected chi connectivity index (χ1v) is 10.8. The van der Waals surface area contributed by atoms with Gasteiger partial charge < -0.3 is 25.2 Å². The van der Waals surface area contributed by atoms with E-state index < -0.39 is 23.5 Å². The number of rotatable bonds is 7. The van der Waals surface area contributed by atoms with Crippen molar-refractivity contribution in [1.82, 2.24) is 10.6 Å². The quantitative estimate of drug-likeness (QED) is 0.559. The van der Waals surface area contributed by atoms with Crippen LogP contribution >= 0.6 is 0 Å². The summed E-state index contributed by atoms with van der Waals surface area (Å²) in [6.07, 6.45) is 1.13. The van der Waals surface area contributed by atoms with E-state index in [1.807, 2.05) is 36.4 Å². The molecule has 2 aliphatic rings. The minimum absolute atomic E-state index is 0.0351. The highest BCUT2D eigenvalue weighted by Crippen LogP contribution is 2.44. The van der Waals surface area contributed by atoms with Crippen LogP contribution in [-0.2, 0) is 19.1 Å². The number of aliphatic carboxylic acids is 1. The Morgan fingerprint density at radius 2 is 1.76 bits per heavy atom. The van der Waals surface area contributed by atoms with Gasteiger partial charge in [0.2, 0.25) is 5.91 Å². The van der Waals surface area contributed by atoms with Crippen LogP contribution in [0, 0.1) is 0 Å². The van der Waals surface area contributed by atoms with Crippen molar-refractivity contribution in [3.63, 3.8) is 0 Å². The van der Waals surface area contributed by atoms with Crippen LogP contribution in [0.4, 0.5) is 4.79 Å². The number of fused-ring (bicyclic) bond motifs is 3. The fourth-order valence-corrected chi connectivity index (χ4v) is 4.23. The predicted molar refractivity (Wildman–Crippen MR) is 121 cm³/mol. The lowest BCUT2D eigenvalue weighted by atomic mass is 9.98. The third kappa shape index (κ3) is 4.61. The number of amides is 2. The first-order chi connectivity index (χ1) is 15.9. The van der Waals surface area contributed by atoms with Gasteiger partial charge in [-0.25, -0.2) is 9.59 Å². The summed E-state index contributed by atoms with van der Waals surface area (Å²) in [5, 5.41) is 14.6. The summed E-state index contributed by atoms with van der Waals surface area (Å²) in [4.78, 5) is 36.1. The predicted octanol–water partition coefficient (Wildman–Crippen LogP) is 2.83. The number of hydrogen-bond donors (Lipinski definition) is 3. The minimum atomic E-state index is -1.41. The minimum Gasteiger partial charge on any atom is -0.479 e. The molecule has 2 amide bonds. The maximum Gasteiger partial charge on any atom is 0.407 e. The summed E-state index contributed by atoms with van der Waals surface area (Å²) in [5.41, 5.74) is 3.44. The van der Waals surface area contributed by atoms with Crippen molar-refractivity contribution in [3.05, 3.63) is 71.3 Å². The van der Waals surface area contributed by atoms with Crippen LogP contribution in [0.15, 0.2) is 60.2 Å². The Morgan fingerprint density at radius 3 is 2.33 bits per heavy atom. The van der Waals surface area contributed by atoms with Crippen LogP contribution < -0.4 is 10.6 Å². The SMILES string of the molecule is C/C(=C\CNC(=O)OCC1c2ccccc2-c2ccccc21)C(=O)NC1(C(=O)O)CCOC1. The Balaban J connectivity index is 1.30. The van der Waals surface area contributed by atoms with Gasteiger partial charge in [-0.2, -0.15) is 0 Å². The van der Waals surface area contributed by atoms with Crippen LogP contribution in [0.3, 0.4) is 0 Å². The van der Waals surface area contributed by atoms with Crippen molar-refractivity contribution < 1.29 is 29.0 Å². The molecule has 1 aliphatic carbocycles. The van der Waals surface area contributed by atoms with Gasteiger partial charge in [-0.15, -0.1) is 0 Å². The third-order valence-corrected chi connectivity index (χ3v) is 6.14. The molecule has 1 atom stereocenters. The van der Waals surface area contributed by atoms with Crippen molar-refractivity contribution in [2.75, 3.05) is 26.4 Å². The number of hydrogen-bond acceptors (Lipinski definition) is 5. The molecule has 3 N–H and O–H groups in total. The highest BCUT2D eigenvalue weighted by atomic mass is 16.5. The molecule has 33 heavy (non-hydrogen) atoms. The maximum atomic E-state index is 12.4. The second-order valence-corrected chi connectivity index (χ2v) is 8.24. The van der Waals surface area contributed by atoms with E-state index in [2.05, 4.69) is 22.8 Å². The molecule has 1 saturated heterocycles. The monoisotopic (exact) mass is 450 g/mol. The largest absolute Gasteiger partial charge is 0.479 e. The Morgan fingerprint density at radius 1 is 1.12 bits per heavy atom. The van der Waals surface area contributed by atoms with Crippen LogP contribution in [0.25, 0.3) is 11.1 Å². The van der Waals surface area contributed by atoms with E-state index in [4.69, 9.17) is 9.47 Å². The summed E-state index contributed by atoms with van der Waals surface area (Å²) >= 11 is 0. The average Bonchev–Trinajstić information content (AvgIpc) is 3.41. The number of carboxylic acid groups (broad SMARTS) is 1. The second-order valence-electron chi connectivity index (χ2n) is 8.24. The number of ether oxygens (including phenoxy) is 2. The first-order valence-electron chi connectivity index (χ1n) is 10.8. The average molecular weight is 450 g/mol. The lowest BCUT2D eigenvalue weighted by molar-refractivity contribution is -0.147. The fourth-order valence-electron chi connectivity index (χ4n) is 4.23. The van der Waals surface area contributed by atoms with E-state index in [1.54, 1.807) is 6.92 Å². The number of carbonyl (C=O) groups excluding carboxylic acids is 2. The molecule has 1 unspecified atom stereocenters. The lowest BCUT2D eigenvalue weighted by Crippen LogP contribution is -2.55. The smallest absolute Gasteiger partial charge is 0.407 e. The summed E-state index contributed by atoms with van der Waals surface area (Å²) in [7, 11) is 0. The highest BCUT2D eigenvalue weighted by Gasteiger charge is 2.44. The Hall–Kier alpha value is -3.65. The second kappa shape index (κ2) is 9.46. The van der Waals surface area contributed by atoms with Crippen LogP contribution in [-0.4, -0.2) is 55.0 Å². The van der Waals surface area contributed by atoms with E-state index in [0.29, 0.717) is 5.57 Å². The maximum absolute atomic E-state index is 12.4. The topological polar surface area (TPSA) is 114 Å². The van der Waals surface area contributed by atoms with Crippen LogP contribution in [0.1, 0.15) is 30.4 Å². The van der Waals surface area contributed by atoms with E-state index in [-0.39, 0.29) is 38.7 Å². The van der Waals surface area contributed by atoms with E-state index in [0.717, 1.165) is 22.3 Å². The lowest BCUT2D eigenvalue weighted by Gasteiger charge is -2.23. The Bertz CT molecular complexity index is 1060. The molecule has 172 valence electrons. The molecule has 1 fully saturated rings. The van der Waals surface area contributed by atoms with E-state index in [9.17, 15) is 19.5 Å². The van der Waals surface area contributed by atoms with Crippen LogP contribution in [0.5, 0.6) is 0 Å². The van der Waals surface area contributed by atoms with Crippen molar-refractivity contribution in [3.8, 4) is 11.1 Å². The molecule has 1 aliphatic heterocycles. The Labute approximate surface area is 191 Å². The molecule has 0 radical (unpaired) electrons. The zero-order valence-corrected chi connectivity index (χ0v) is 18.3. The summed E-state index contributed by atoms with van der Waals surface area (Å²) in [6, 6.07) is 16.2. The third-order valence-electron chi connectivity index (χ3n) is 6.14. The summed E-state index contributed by atoms with van der Waals surface area (Å²) in [5.74, 6) is -1.68. The first kappa shape index (κ1) is 22.5. The van der Waals surface area contributed by atoms with E-state index in [1.165, 1.54) is 6.08 Å². The number of alkyl carbamates (subject to hydrolysis) is 1. The fraction of sp³-hybridized carbons (Fsp3) is 0.320. The van der Waals surface area contributed by atoms with Gasteiger partial charge in [-0.3, -0.25) is 4.79 Å². The molecular weight excluding hydrogens is 424 g/mol. The molecule has 0 saturated carbocycles. The Kier molecular flexibility index (Phi) is 6.46. The number of nitrogens with one attached hydrogen (secondary N) is 2. The molecule has 2 aromatic rings. The van der Waals surface area contributed by atoms with Crippen molar-refractivity contribution in [1.29, 1.82) is 0 Å². The molecule has 0 aromatic heterocycles. The molecule has 8 heteroatoms. The van der Waals surface area contributed by atoms with Gasteiger partial charge in [0.05, 0.1) is 6.61 Å². The van der Waals surface area contributed by atoms with Crippen molar-refractivity contribution >= 4 is 18.0 Å². The van der Waals surface area contributed by atoms with Gasteiger partial charge in [0.25, 0.3) is 0 Å². The number of carboxylic acids is 1. The van der Waals surface area contributed by atoms with Crippen molar-refractivity contribution in [2.24, 2.45) is 0 Å². The van der Waals surface area contributed by atoms with Crippen LogP contribution in [0.2, 0.25) is 0 Å². The van der Waals surface area contributed by atoms with Gasteiger partial charge in [0.15, 0.2) is 5.54 Å². The van der Waals surface area contributed by atoms with Gasteiger partial charge in [-0.1, -0.05) is 54.6 Å². The molecule has 4 rings (SSSR count). The van der Waals surface area contributed by atoms with E-state index >= 15 is 0 Å². The standard InChI is InChI=1S/C25H26N2O6/c1-16(22(28)27-25(23(29)30)11-13-32-15-25)10-12-26-24(31)33-14-21-19-8-4-2-6-17(19)18-7-3-5-9-20(18)21/h2-10,21H,11-15H2,1H3,(H,26,31)(H,27,28)(H,29,30)/b16-10+. The summed E-state index contributed by atoms with van der Waals surface area (Å²) < 4.78 is 10.6. The van der Waals surface area contributed by atoms with Gasteiger partial charge >= 0.3 is 12.1 Å². The van der Waals surface area contributed by atoms with Gasteiger partial charge in [-0.05, 0) is 29.2 Å². The van der Waals surface area contributed by atoms with Gasteiger partial charge in [0.1, 0.15) is 6.61 Å². The number of carbonyl (C=O) groups is 3. The van der Waals surface area contributed by atoms with Crippen molar-refractivity contribution in [2.45, 2.75) is 24.8 Å². The molecule has 0 spiro atoms. The normalized spacial score (nSPS) is 19.5. The zero-order chi connectivity index (χ0) is 23.4. The molecule has 1 heterocycles. The highest BCUT2D eigenvalue weighted by molar-refractivity contribution is 5.97. The molecule has 8 nitrogen and oxygen atoms in total. The summed E-state index contributed by atoms with van der Waals surface area (Å²) in [6.45, 7) is 2.04. The van der Waals surface area contributed by atoms with Gasteiger partial charge in [0, 0.05) is 31.1 Å². The zero-order valence-electron chi connectivity index (χ0n) is 18.3. The molecular formula is C25H26N2O6. The molecule has 0 bridgehead atoms. The molecule has 2 aromatic carbocycles.